The Morgan fingerprint density at radius 1 is 1.24 bits per heavy atom. The fraction of sp³-hybridized carbons (Fsp3) is 0.500. The van der Waals surface area contributed by atoms with Crippen molar-refractivity contribution in [3.63, 3.8) is 0 Å². The van der Waals surface area contributed by atoms with E-state index in [4.69, 9.17) is 14.3 Å². The fourth-order valence-corrected chi connectivity index (χ4v) is 3.09. The van der Waals surface area contributed by atoms with Crippen LogP contribution in [0.2, 0.25) is 0 Å². The van der Waals surface area contributed by atoms with Gasteiger partial charge in [-0.25, -0.2) is 9.38 Å². The number of nitrogens with zero attached hydrogens (tertiary/aromatic N) is 4. The maximum absolute atomic E-state index is 13.0. The van der Waals surface area contributed by atoms with E-state index in [9.17, 15) is 4.39 Å². The Morgan fingerprint density at radius 2 is 1.97 bits per heavy atom. The minimum Gasteiger partial charge on any atom is -0.489 e. The molecule has 1 fully saturated rings. The van der Waals surface area contributed by atoms with Gasteiger partial charge in [-0.2, -0.15) is 0 Å². The third-order valence-corrected chi connectivity index (χ3v) is 4.53. The maximum Gasteiger partial charge on any atom is 0.194 e. The van der Waals surface area contributed by atoms with Crippen molar-refractivity contribution in [3.8, 4) is 5.75 Å². The van der Waals surface area contributed by atoms with Gasteiger partial charge in [0.1, 0.15) is 23.9 Å². The molecule has 0 bridgehead atoms. The SMILES string of the molecule is CCNC(=NCC(C)Oc1ccc(F)cc1)N1CCN(Cc2ccon2)CC1.I. The quantitative estimate of drug-likeness (QED) is 0.346. The molecule has 29 heavy (non-hydrogen) atoms. The van der Waals surface area contributed by atoms with E-state index in [-0.39, 0.29) is 35.9 Å². The molecular formula is C20H29FIN5O2. The Hall–Kier alpha value is -1.88. The molecule has 1 saturated heterocycles. The van der Waals surface area contributed by atoms with Crippen LogP contribution in [0.15, 0.2) is 46.1 Å². The highest BCUT2D eigenvalue weighted by Gasteiger charge is 2.20. The lowest BCUT2D eigenvalue weighted by Gasteiger charge is -2.36. The van der Waals surface area contributed by atoms with Crippen molar-refractivity contribution in [2.45, 2.75) is 26.5 Å². The van der Waals surface area contributed by atoms with Crippen LogP contribution in [0.1, 0.15) is 19.5 Å². The third kappa shape index (κ3) is 7.46. The van der Waals surface area contributed by atoms with Crippen LogP contribution in [0.5, 0.6) is 5.75 Å². The number of aromatic nitrogens is 1. The second kappa shape index (κ2) is 12.0. The minimum atomic E-state index is -0.268. The molecule has 0 radical (unpaired) electrons. The molecule has 7 nitrogen and oxygen atoms in total. The highest BCUT2D eigenvalue weighted by molar-refractivity contribution is 14.0. The Balaban J connectivity index is 0.00000300. The van der Waals surface area contributed by atoms with Crippen LogP contribution in [0.3, 0.4) is 0 Å². The van der Waals surface area contributed by atoms with E-state index < -0.39 is 0 Å². The van der Waals surface area contributed by atoms with E-state index in [1.165, 1.54) is 12.1 Å². The van der Waals surface area contributed by atoms with Crippen LogP contribution in [0, 0.1) is 5.82 Å². The van der Waals surface area contributed by atoms with Gasteiger partial charge in [-0.3, -0.25) is 4.90 Å². The van der Waals surface area contributed by atoms with E-state index in [2.05, 4.69) is 27.2 Å². The van der Waals surface area contributed by atoms with E-state index in [0.717, 1.165) is 50.9 Å². The molecule has 0 spiro atoms. The first-order valence-electron chi connectivity index (χ1n) is 9.71. The summed E-state index contributed by atoms with van der Waals surface area (Å²) in [4.78, 5) is 9.37. The molecule has 1 aliphatic heterocycles. The molecule has 2 aromatic rings. The molecule has 1 aromatic carbocycles. The van der Waals surface area contributed by atoms with Gasteiger partial charge in [0.2, 0.25) is 0 Å². The maximum atomic E-state index is 13.0. The Kier molecular flexibility index (Phi) is 9.65. The molecule has 3 rings (SSSR count). The number of piperazine rings is 1. The molecule has 0 saturated carbocycles. The zero-order chi connectivity index (χ0) is 19.8. The minimum absolute atomic E-state index is 0. The summed E-state index contributed by atoms with van der Waals surface area (Å²) in [6, 6.07) is 7.96. The number of ether oxygens (including phenoxy) is 1. The summed E-state index contributed by atoms with van der Waals surface area (Å²) < 4.78 is 23.7. The molecule has 1 aromatic heterocycles. The molecule has 160 valence electrons. The van der Waals surface area contributed by atoms with Crippen molar-refractivity contribution in [2.75, 3.05) is 39.3 Å². The monoisotopic (exact) mass is 517 g/mol. The molecule has 2 heterocycles. The highest BCUT2D eigenvalue weighted by atomic mass is 127. The van der Waals surface area contributed by atoms with Gasteiger partial charge in [0.25, 0.3) is 0 Å². The summed E-state index contributed by atoms with van der Waals surface area (Å²) in [5.41, 5.74) is 0.959. The second-order valence-corrected chi connectivity index (χ2v) is 6.83. The lowest BCUT2D eigenvalue weighted by Crippen LogP contribution is -2.52. The zero-order valence-corrected chi connectivity index (χ0v) is 19.2. The lowest BCUT2D eigenvalue weighted by atomic mass is 10.3. The molecule has 1 N–H and O–H groups in total. The molecule has 1 atom stereocenters. The van der Waals surface area contributed by atoms with Crippen molar-refractivity contribution in [1.82, 2.24) is 20.3 Å². The van der Waals surface area contributed by atoms with Crippen molar-refractivity contribution in [1.29, 1.82) is 0 Å². The van der Waals surface area contributed by atoms with Crippen molar-refractivity contribution < 1.29 is 13.7 Å². The first-order valence-corrected chi connectivity index (χ1v) is 9.71. The molecular weight excluding hydrogens is 488 g/mol. The van der Waals surface area contributed by atoms with E-state index >= 15 is 0 Å². The van der Waals surface area contributed by atoms with E-state index in [1.54, 1.807) is 18.4 Å². The van der Waals surface area contributed by atoms with E-state index in [0.29, 0.717) is 12.3 Å². The van der Waals surface area contributed by atoms with Gasteiger partial charge in [0.15, 0.2) is 5.96 Å². The molecule has 1 unspecified atom stereocenters. The number of halogens is 2. The summed E-state index contributed by atoms with van der Waals surface area (Å²) in [5, 5.41) is 7.35. The average Bonchev–Trinajstić information content (AvgIpc) is 3.21. The highest BCUT2D eigenvalue weighted by Crippen LogP contribution is 2.13. The smallest absolute Gasteiger partial charge is 0.194 e. The van der Waals surface area contributed by atoms with Crippen LogP contribution in [0.4, 0.5) is 4.39 Å². The topological polar surface area (TPSA) is 66.1 Å². The number of aliphatic imine (C=N–C) groups is 1. The number of guanidine groups is 1. The summed E-state index contributed by atoms with van der Waals surface area (Å²) >= 11 is 0. The van der Waals surface area contributed by atoms with Crippen molar-refractivity contribution in [2.24, 2.45) is 4.99 Å². The summed E-state index contributed by atoms with van der Waals surface area (Å²) in [6.45, 7) is 9.86. The van der Waals surface area contributed by atoms with Gasteiger partial charge in [0.05, 0.1) is 12.2 Å². The van der Waals surface area contributed by atoms with Crippen LogP contribution < -0.4 is 10.1 Å². The molecule has 9 heteroatoms. The fourth-order valence-electron chi connectivity index (χ4n) is 3.09. The number of benzene rings is 1. The standard InChI is InChI=1S/C20H28FN5O2.HI/c1-3-22-20(23-14-16(2)28-19-6-4-17(21)5-7-19)26-11-9-25(10-12-26)15-18-8-13-27-24-18;/h4-8,13,16H,3,9-12,14-15H2,1-2H3,(H,22,23);1H. The predicted molar refractivity (Wildman–Crippen MR) is 121 cm³/mol. The normalized spacial score (nSPS) is 16.2. The number of rotatable bonds is 7. The van der Waals surface area contributed by atoms with Gasteiger partial charge in [-0.15, -0.1) is 24.0 Å². The Bertz CT molecular complexity index is 734. The number of hydrogen-bond donors (Lipinski definition) is 1. The van der Waals surface area contributed by atoms with Gasteiger partial charge in [-0.1, -0.05) is 5.16 Å². The number of nitrogens with one attached hydrogen (secondary N) is 1. The van der Waals surface area contributed by atoms with Crippen molar-refractivity contribution in [3.05, 3.63) is 48.1 Å². The number of hydrogen-bond acceptors (Lipinski definition) is 5. The largest absolute Gasteiger partial charge is 0.489 e. The average molecular weight is 517 g/mol. The molecule has 1 aliphatic rings. The zero-order valence-electron chi connectivity index (χ0n) is 16.9. The second-order valence-electron chi connectivity index (χ2n) is 6.83. The predicted octanol–water partition coefficient (Wildman–Crippen LogP) is 2.98. The van der Waals surface area contributed by atoms with Crippen molar-refractivity contribution >= 4 is 29.9 Å². The van der Waals surface area contributed by atoms with Gasteiger partial charge < -0.3 is 19.5 Å². The van der Waals surface area contributed by atoms with E-state index in [1.807, 2.05) is 13.0 Å². The summed E-state index contributed by atoms with van der Waals surface area (Å²) in [5.74, 6) is 1.28. The summed E-state index contributed by atoms with van der Waals surface area (Å²) in [7, 11) is 0. The first-order chi connectivity index (χ1) is 13.6. The molecule has 0 aliphatic carbocycles. The van der Waals surface area contributed by atoms with Gasteiger partial charge in [0, 0.05) is 45.3 Å². The Morgan fingerprint density at radius 3 is 2.59 bits per heavy atom. The first kappa shape index (κ1) is 23.4. The molecule has 0 amide bonds. The van der Waals surface area contributed by atoms with Crippen LogP contribution in [-0.4, -0.2) is 66.3 Å². The van der Waals surface area contributed by atoms with Gasteiger partial charge >= 0.3 is 0 Å². The van der Waals surface area contributed by atoms with Crippen LogP contribution in [-0.2, 0) is 6.54 Å². The lowest BCUT2D eigenvalue weighted by molar-refractivity contribution is 0.168. The Labute approximate surface area is 188 Å². The summed E-state index contributed by atoms with van der Waals surface area (Å²) in [6.07, 6.45) is 1.50. The van der Waals surface area contributed by atoms with Gasteiger partial charge in [-0.05, 0) is 38.1 Å². The van der Waals surface area contributed by atoms with Crippen LogP contribution >= 0.6 is 24.0 Å². The third-order valence-electron chi connectivity index (χ3n) is 4.53. The van der Waals surface area contributed by atoms with Crippen LogP contribution in [0.25, 0.3) is 0 Å².